The highest BCUT2D eigenvalue weighted by atomic mass is 16.4. The number of hydrogen-bond donors (Lipinski definition) is 3. The summed E-state index contributed by atoms with van der Waals surface area (Å²) in [7, 11) is 0. The smallest absolute Gasteiger partial charge is 0.408 e. The van der Waals surface area contributed by atoms with E-state index in [9.17, 15) is 4.79 Å². The number of aromatic amines is 1. The van der Waals surface area contributed by atoms with Crippen LogP contribution in [0, 0.1) is 0 Å². The van der Waals surface area contributed by atoms with E-state index in [0.717, 1.165) is 12.2 Å². The predicted octanol–water partition coefficient (Wildman–Crippen LogP) is 1.01. The van der Waals surface area contributed by atoms with E-state index in [2.05, 4.69) is 15.4 Å². The molecule has 2 heterocycles. The second-order valence-corrected chi connectivity index (χ2v) is 4.15. The number of H-pyrrole nitrogens is 1. The highest BCUT2D eigenvalue weighted by Gasteiger charge is 2.06. The molecule has 4 N–H and O–H groups in total. The summed E-state index contributed by atoms with van der Waals surface area (Å²) >= 11 is 0. The quantitative estimate of drug-likeness (QED) is 0.607. The maximum atomic E-state index is 11.1. The molecule has 7 heteroatoms. The van der Waals surface area contributed by atoms with Gasteiger partial charge in [0.1, 0.15) is 0 Å². The topological polar surface area (TPSA) is 102 Å². The summed E-state index contributed by atoms with van der Waals surface area (Å²) in [5, 5.41) is 7.31. The standard InChI is InChI=1S/C12H13N5O2/c13-8-6-11-10(16-12(18)19-11)7-9(8)14-3-5-17-4-1-2-15-17/h1-2,4,6-7,14H,3,5,13H2,(H,16,18). The minimum Gasteiger partial charge on any atom is -0.408 e. The molecule has 7 nitrogen and oxygen atoms in total. The Bertz CT molecular complexity index is 741. The largest absolute Gasteiger partial charge is 0.417 e. The molecule has 0 aliphatic heterocycles. The van der Waals surface area contributed by atoms with Gasteiger partial charge in [-0.25, -0.2) is 4.79 Å². The predicted molar refractivity (Wildman–Crippen MR) is 72.0 cm³/mol. The van der Waals surface area contributed by atoms with Crippen LogP contribution in [0.15, 0.2) is 39.8 Å². The van der Waals surface area contributed by atoms with Crippen LogP contribution in [-0.4, -0.2) is 21.3 Å². The summed E-state index contributed by atoms with van der Waals surface area (Å²) in [5.41, 5.74) is 8.28. The van der Waals surface area contributed by atoms with Crippen molar-refractivity contribution in [2.45, 2.75) is 6.54 Å². The van der Waals surface area contributed by atoms with E-state index in [1.165, 1.54) is 0 Å². The molecule has 0 spiro atoms. The normalized spacial score (nSPS) is 10.9. The number of hydrogen-bond acceptors (Lipinski definition) is 5. The van der Waals surface area contributed by atoms with Gasteiger partial charge in [-0.05, 0) is 12.1 Å². The lowest BCUT2D eigenvalue weighted by molar-refractivity contribution is 0.555. The van der Waals surface area contributed by atoms with Crippen LogP contribution < -0.4 is 16.8 Å². The Morgan fingerprint density at radius 2 is 2.37 bits per heavy atom. The maximum Gasteiger partial charge on any atom is 0.417 e. The van der Waals surface area contributed by atoms with Crippen molar-refractivity contribution < 1.29 is 4.42 Å². The molecule has 0 fully saturated rings. The first-order valence-corrected chi connectivity index (χ1v) is 5.86. The number of nitrogens with one attached hydrogen (secondary N) is 2. The zero-order chi connectivity index (χ0) is 13.2. The van der Waals surface area contributed by atoms with Crippen LogP contribution in [0.2, 0.25) is 0 Å². The van der Waals surface area contributed by atoms with Crippen LogP contribution in [0.5, 0.6) is 0 Å². The lowest BCUT2D eigenvalue weighted by atomic mass is 10.2. The van der Waals surface area contributed by atoms with E-state index < -0.39 is 5.76 Å². The zero-order valence-electron chi connectivity index (χ0n) is 10.1. The van der Waals surface area contributed by atoms with Gasteiger partial charge in [-0.1, -0.05) is 0 Å². The van der Waals surface area contributed by atoms with Crippen molar-refractivity contribution in [1.82, 2.24) is 14.8 Å². The summed E-state index contributed by atoms with van der Waals surface area (Å²) in [6.45, 7) is 1.41. The number of rotatable bonds is 4. The van der Waals surface area contributed by atoms with Crippen molar-refractivity contribution >= 4 is 22.5 Å². The lowest BCUT2D eigenvalue weighted by Crippen LogP contribution is -2.11. The first kappa shape index (κ1) is 11.4. The molecule has 2 aromatic heterocycles. The number of nitrogen functional groups attached to an aromatic ring is 1. The molecule has 1 aromatic carbocycles. The highest BCUT2D eigenvalue weighted by molar-refractivity contribution is 5.85. The van der Waals surface area contributed by atoms with E-state index in [0.29, 0.717) is 23.3 Å². The van der Waals surface area contributed by atoms with Crippen molar-refractivity contribution in [3.05, 3.63) is 41.1 Å². The van der Waals surface area contributed by atoms with E-state index >= 15 is 0 Å². The number of nitrogens with zero attached hydrogens (tertiary/aromatic N) is 2. The Hall–Kier alpha value is -2.70. The molecule has 0 saturated carbocycles. The third kappa shape index (κ3) is 2.30. The first-order valence-electron chi connectivity index (χ1n) is 5.86. The maximum absolute atomic E-state index is 11.1. The lowest BCUT2D eigenvalue weighted by Gasteiger charge is -2.09. The fourth-order valence-corrected chi connectivity index (χ4v) is 1.90. The Kier molecular flexibility index (Phi) is 2.71. The van der Waals surface area contributed by atoms with Gasteiger partial charge in [0.2, 0.25) is 0 Å². The molecule has 98 valence electrons. The molecule has 0 aliphatic rings. The van der Waals surface area contributed by atoms with Crippen LogP contribution in [0.3, 0.4) is 0 Å². The van der Waals surface area contributed by atoms with E-state index in [1.807, 2.05) is 16.9 Å². The van der Waals surface area contributed by atoms with Crippen LogP contribution in [0.25, 0.3) is 11.1 Å². The zero-order valence-corrected chi connectivity index (χ0v) is 10.1. The van der Waals surface area contributed by atoms with Gasteiger partial charge >= 0.3 is 5.76 Å². The van der Waals surface area contributed by atoms with Crippen molar-refractivity contribution in [1.29, 1.82) is 0 Å². The molecular weight excluding hydrogens is 246 g/mol. The molecular formula is C12H13N5O2. The van der Waals surface area contributed by atoms with E-state index in [4.69, 9.17) is 10.2 Å². The molecule has 0 saturated heterocycles. The van der Waals surface area contributed by atoms with Crippen molar-refractivity contribution in [3.8, 4) is 0 Å². The monoisotopic (exact) mass is 259 g/mol. The molecule has 0 unspecified atom stereocenters. The minimum absolute atomic E-state index is 0.458. The average molecular weight is 259 g/mol. The number of aromatic nitrogens is 3. The number of nitrogens with two attached hydrogens (primary N) is 1. The summed E-state index contributed by atoms with van der Waals surface area (Å²) in [6.07, 6.45) is 3.62. The third-order valence-electron chi connectivity index (χ3n) is 2.81. The molecule has 0 radical (unpaired) electrons. The Morgan fingerprint density at radius 1 is 1.47 bits per heavy atom. The fourth-order valence-electron chi connectivity index (χ4n) is 1.90. The summed E-state index contributed by atoms with van der Waals surface area (Å²) < 4.78 is 6.75. The van der Waals surface area contributed by atoms with Gasteiger partial charge in [0.05, 0.1) is 23.4 Å². The van der Waals surface area contributed by atoms with Gasteiger partial charge < -0.3 is 15.5 Å². The van der Waals surface area contributed by atoms with E-state index in [-0.39, 0.29) is 0 Å². The molecule has 0 bridgehead atoms. The molecule has 3 rings (SSSR count). The molecule has 0 aliphatic carbocycles. The van der Waals surface area contributed by atoms with Gasteiger partial charge in [-0.15, -0.1) is 0 Å². The summed E-state index contributed by atoms with van der Waals surface area (Å²) in [6, 6.07) is 5.26. The number of anilines is 2. The summed E-state index contributed by atoms with van der Waals surface area (Å²) in [4.78, 5) is 13.7. The SMILES string of the molecule is Nc1cc2oc(=O)[nH]c2cc1NCCn1cccn1. The number of fused-ring (bicyclic) bond motifs is 1. The number of benzene rings is 1. The highest BCUT2D eigenvalue weighted by Crippen LogP contribution is 2.24. The van der Waals surface area contributed by atoms with Gasteiger partial charge in [0, 0.05) is 25.0 Å². The second kappa shape index (κ2) is 4.52. The van der Waals surface area contributed by atoms with Crippen LogP contribution >= 0.6 is 0 Å². The summed E-state index contributed by atoms with van der Waals surface area (Å²) in [5.74, 6) is -0.483. The van der Waals surface area contributed by atoms with E-state index in [1.54, 1.807) is 18.3 Å². The Morgan fingerprint density at radius 3 is 3.16 bits per heavy atom. The van der Waals surface area contributed by atoms with Gasteiger partial charge in [-0.2, -0.15) is 5.10 Å². The van der Waals surface area contributed by atoms with Gasteiger partial charge in [0.25, 0.3) is 0 Å². The van der Waals surface area contributed by atoms with Crippen LogP contribution in [0.1, 0.15) is 0 Å². The first-order chi connectivity index (χ1) is 9.22. The number of oxazole rings is 1. The second-order valence-electron chi connectivity index (χ2n) is 4.15. The van der Waals surface area contributed by atoms with Gasteiger partial charge in [-0.3, -0.25) is 9.67 Å². The molecule has 3 aromatic rings. The minimum atomic E-state index is -0.483. The average Bonchev–Trinajstić information content (AvgIpc) is 2.98. The van der Waals surface area contributed by atoms with Crippen LogP contribution in [0.4, 0.5) is 11.4 Å². The molecule has 0 atom stereocenters. The Balaban J connectivity index is 1.76. The van der Waals surface area contributed by atoms with Gasteiger partial charge in [0.15, 0.2) is 5.58 Å². The van der Waals surface area contributed by atoms with Crippen molar-refractivity contribution in [2.75, 3.05) is 17.6 Å². The fraction of sp³-hybridized carbons (Fsp3) is 0.167. The third-order valence-corrected chi connectivity index (χ3v) is 2.81. The van der Waals surface area contributed by atoms with Crippen LogP contribution in [-0.2, 0) is 6.54 Å². The molecule has 19 heavy (non-hydrogen) atoms. The Labute approximate surface area is 108 Å². The van der Waals surface area contributed by atoms with Crippen molar-refractivity contribution in [3.63, 3.8) is 0 Å². The molecule has 0 amide bonds. The van der Waals surface area contributed by atoms with Crippen molar-refractivity contribution in [2.24, 2.45) is 0 Å².